The molecular weight excluding hydrogens is 1710 g/mol. The maximum absolute atomic E-state index is 15.4. The maximum atomic E-state index is 15.4. The third-order valence-corrected chi connectivity index (χ3v) is 24.4. The van der Waals surface area contributed by atoms with E-state index in [1.54, 1.807) is 75.6 Å². The average molecular weight is 1800 g/mol. The topological polar surface area (TPSA) is 256 Å². The van der Waals surface area contributed by atoms with Gasteiger partial charge in [-0.3, -0.25) is 0 Å². The molecule has 109 heavy (non-hydrogen) atoms. The summed E-state index contributed by atoms with van der Waals surface area (Å²) in [5.41, 5.74) is -9.88. The van der Waals surface area contributed by atoms with Crippen molar-refractivity contribution >= 4 is 67.7 Å². The van der Waals surface area contributed by atoms with Gasteiger partial charge >= 0.3 is 40.8 Å². The predicted octanol–water partition coefficient (Wildman–Crippen LogP) is 14.8. The number of carboxylic acids is 4. The molecule has 0 amide bonds. The van der Waals surface area contributed by atoms with Crippen LogP contribution < -0.4 is 42.3 Å². The first kappa shape index (κ1) is 111. The minimum absolute atomic E-state index is 0. The summed E-state index contributed by atoms with van der Waals surface area (Å²) in [5.74, 6) is -75.7. The molecule has 12 nitrogen and oxygen atoms in total. The summed E-state index contributed by atoms with van der Waals surface area (Å²) in [4.78, 5) is 35.6. The van der Waals surface area contributed by atoms with Crippen molar-refractivity contribution in [1.82, 2.24) is 0 Å². The number of rotatable bonds is 8. The molecule has 0 atom stereocenters. The normalized spacial score (nSPS) is 14.1. The summed E-state index contributed by atoms with van der Waals surface area (Å²) in [6.07, 6.45) is 23.4. The molecule has 37 heteroatoms. The van der Waals surface area contributed by atoms with Gasteiger partial charge in [0.2, 0.25) is 0 Å². The molecule has 0 saturated heterocycles. The standard InChI is InChI=1S/C24BF20.2C16H31P.4C2H3N.4C2H4O2.2Pd/c26-5-1(6(27)14(35)21(42)13(5)34)25(2-7(28)15(36)22(43)16(37)8(2)29,3-9(30)17(38)23(44)18(39)10(3)31)4-11(32)19(40)24(45)20(41)12(4)33;2*1-16(2,3)17(14-10-6-4-7-11-14)15-12-8-5-9-13-15;4*1-2-3;4*1-2(3)4;;/h;2*14-15H,4-13H2,1-3H3;4*1H3;4*1H3,(H,3,4);;/q-1;;;;;;;;;;;2*+2/p-4. The summed E-state index contributed by atoms with van der Waals surface area (Å²) in [6.45, 7) is 24.8. The smallest absolute Gasteiger partial charge is 0.550 e. The van der Waals surface area contributed by atoms with Gasteiger partial charge in [-0.15, -0.1) is 21.9 Å². The van der Waals surface area contributed by atoms with Crippen molar-refractivity contribution < 1.29 is 168 Å². The van der Waals surface area contributed by atoms with E-state index in [9.17, 15) is 52.7 Å². The molecule has 0 aliphatic heterocycles. The Morgan fingerprint density at radius 3 is 0.468 bits per heavy atom. The predicted molar refractivity (Wildman–Crippen MR) is 358 cm³/mol. The second-order valence-corrected chi connectivity index (χ2v) is 33.2. The van der Waals surface area contributed by atoms with Gasteiger partial charge in [-0.1, -0.05) is 134 Å². The largest absolute Gasteiger partial charge is 2.00 e. The van der Waals surface area contributed by atoms with Crippen LogP contribution in [-0.2, 0) is 60.0 Å². The Hall–Kier alpha value is -6.43. The summed E-state index contributed by atoms with van der Waals surface area (Å²) in [7, 11) is 0.524. The number of halogens is 20. The molecule has 4 aliphatic carbocycles. The first-order valence-electron chi connectivity index (χ1n) is 33.2. The molecule has 0 radical (unpaired) electrons. The molecule has 4 fully saturated rings. The molecule has 616 valence electrons. The number of aliphatic carboxylic acids is 4. The number of hydrogen-bond donors (Lipinski definition) is 0. The van der Waals surface area contributed by atoms with Gasteiger partial charge in [-0.2, -0.15) is 21.0 Å². The van der Waals surface area contributed by atoms with Gasteiger partial charge in [-0.25, -0.2) is 87.8 Å². The number of nitrogens with zero attached hydrogens (tertiary/aromatic N) is 4. The molecule has 0 N–H and O–H groups in total. The molecular formula is C72H86BF20N4O8P2Pd2-. The van der Waals surface area contributed by atoms with Crippen molar-refractivity contribution in [2.45, 2.75) is 258 Å². The molecule has 4 aliphatic rings. The summed E-state index contributed by atoms with van der Waals surface area (Å²) in [5, 5.41) is 66.0. The summed E-state index contributed by atoms with van der Waals surface area (Å²) in [6, 6.07) is 7.00. The van der Waals surface area contributed by atoms with E-state index in [0.29, 0.717) is 10.3 Å². The first-order chi connectivity index (χ1) is 49.5. The minimum Gasteiger partial charge on any atom is -0.550 e. The second kappa shape index (κ2) is 54.3. The fraction of sp³-hybridized carbons (Fsp3) is 0.556. The summed E-state index contributed by atoms with van der Waals surface area (Å²) < 4.78 is 294. The van der Waals surface area contributed by atoms with Crippen LogP contribution in [0.4, 0.5) is 87.8 Å². The maximum Gasteiger partial charge on any atom is 2.00 e. The van der Waals surface area contributed by atoms with Gasteiger partial charge in [0, 0.05) is 51.6 Å². The zero-order valence-corrected chi connectivity index (χ0v) is 67.1. The third kappa shape index (κ3) is 33.4. The Bertz CT molecular complexity index is 3160. The van der Waals surface area contributed by atoms with E-state index in [1.807, 2.05) is 0 Å². The first-order valence-corrected chi connectivity index (χ1v) is 36.2. The van der Waals surface area contributed by atoms with E-state index < -0.39 is 168 Å². The minimum atomic E-state index is -7.22. The van der Waals surface area contributed by atoms with Gasteiger partial charge < -0.3 is 39.6 Å². The van der Waals surface area contributed by atoms with Gasteiger partial charge in [0.05, 0.1) is 24.3 Å². The van der Waals surface area contributed by atoms with Crippen LogP contribution in [0.2, 0.25) is 0 Å². The zero-order valence-electron chi connectivity index (χ0n) is 62.2. The van der Waals surface area contributed by atoms with Crippen LogP contribution in [0, 0.1) is 162 Å². The SMILES string of the molecule is CC#N.CC#N.CC#N.CC#N.CC(=O)[O-].CC(=O)[O-].CC(=O)[O-].CC(=O)[O-].CC(C)(C)P(C1CCCCC1)C1CCCCC1.CC(C)(C)P(C1CCCCC1)C1CCCCC1.Fc1c(F)c(F)c([B-](c2c(F)c(F)c(F)c(F)c2F)(c2c(F)c(F)c(F)c(F)c2F)c2c(F)c(F)c(F)c(F)c2F)c(F)c1F.[Pd+2].[Pd+2]. The fourth-order valence-electron chi connectivity index (χ4n) is 13.1. The molecule has 4 aromatic carbocycles. The molecule has 0 spiro atoms. The van der Waals surface area contributed by atoms with Gasteiger partial charge in [0.25, 0.3) is 0 Å². The number of carbonyl (C=O) groups is 4. The molecule has 0 aromatic heterocycles. The fourth-order valence-corrected chi connectivity index (χ4v) is 22.4. The number of benzene rings is 4. The Morgan fingerprint density at radius 2 is 0.376 bits per heavy atom. The quantitative estimate of drug-likeness (QED) is 0.0525. The van der Waals surface area contributed by atoms with E-state index in [-0.39, 0.29) is 56.7 Å². The molecule has 0 unspecified atom stereocenters. The second-order valence-electron chi connectivity index (χ2n) is 26.0. The van der Waals surface area contributed by atoms with Gasteiger partial charge in [0.1, 0.15) is 52.7 Å². The van der Waals surface area contributed by atoms with Crippen molar-refractivity contribution in [3.63, 3.8) is 0 Å². The molecule has 0 bridgehead atoms. The Morgan fingerprint density at radius 1 is 0.284 bits per heavy atom. The van der Waals surface area contributed by atoms with Crippen LogP contribution in [0.5, 0.6) is 0 Å². The Labute approximate surface area is 652 Å². The van der Waals surface area contributed by atoms with Crippen molar-refractivity contribution in [2.75, 3.05) is 0 Å². The number of carbonyl (C=O) groups excluding carboxylic acids is 4. The van der Waals surface area contributed by atoms with E-state index in [2.05, 4.69) is 41.5 Å². The van der Waals surface area contributed by atoms with E-state index in [0.717, 1.165) is 50.3 Å². The van der Waals surface area contributed by atoms with Crippen LogP contribution in [-0.4, -0.2) is 63.0 Å². The number of hydrogen-bond acceptors (Lipinski definition) is 12. The van der Waals surface area contributed by atoms with Crippen molar-refractivity contribution in [3.8, 4) is 24.3 Å². The van der Waals surface area contributed by atoms with Gasteiger partial charge in [-0.05, 0) is 112 Å². The van der Waals surface area contributed by atoms with Crippen LogP contribution in [0.3, 0.4) is 0 Å². The third-order valence-electron chi connectivity index (χ3n) is 16.1. The van der Waals surface area contributed by atoms with Gasteiger partial charge in [0.15, 0.2) is 69.8 Å². The molecule has 0 heterocycles. The van der Waals surface area contributed by atoms with E-state index in [4.69, 9.17) is 60.7 Å². The van der Waals surface area contributed by atoms with E-state index in [1.165, 1.54) is 105 Å². The van der Waals surface area contributed by atoms with Crippen LogP contribution in [0.1, 0.15) is 225 Å². The zero-order chi connectivity index (χ0) is 84.1. The monoisotopic (exact) mass is 1800 g/mol. The Kier molecular flexibility index (Phi) is 55.4. The number of carboxylic acid groups (broad SMARTS) is 4. The average Bonchev–Trinajstić information content (AvgIpc) is 0.681. The van der Waals surface area contributed by atoms with Crippen molar-refractivity contribution in [1.29, 1.82) is 21.0 Å². The molecule has 8 rings (SSSR count). The van der Waals surface area contributed by atoms with E-state index >= 15 is 35.1 Å². The van der Waals surface area contributed by atoms with Crippen LogP contribution >= 0.6 is 15.8 Å². The van der Waals surface area contributed by atoms with Crippen molar-refractivity contribution in [3.05, 3.63) is 116 Å². The molecule has 4 saturated carbocycles. The van der Waals surface area contributed by atoms with Crippen molar-refractivity contribution in [2.24, 2.45) is 0 Å². The Balaban J connectivity index is -0.000000461. The summed E-state index contributed by atoms with van der Waals surface area (Å²) >= 11 is 0. The van der Waals surface area contributed by atoms with Crippen LogP contribution in [0.25, 0.3) is 0 Å². The molecule has 4 aromatic rings. The van der Waals surface area contributed by atoms with Crippen LogP contribution in [0.15, 0.2) is 0 Å². The number of nitriles is 4.